The summed E-state index contributed by atoms with van der Waals surface area (Å²) in [5, 5.41) is 9.67. The molecule has 0 atom stereocenters. The van der Waals surface area contributed by atoms with Gasteiger partial charge in [0.1, 0.15) is 12.1 Å². The van der Waals surface area contributed by atoms with Crippen molar-refractivity contribution in [3.63, 3.8) is 0 Å². The Bertz CT molecular complexity index is 1690. The highest BCUT2D eigenvalue weighted by Gasteiger charge is 2.15. The highest BCUT2D eigenvalue weighted by Crippen LogP contribution is 2.27. The molecule has 2 heterocycles. The van der Waals surface area contributed by atoms with E-state index >= 15 is 0 Å². The first-order valence-electron chi connectivity index (χ1n) is 11.2. The predicted molar refractivity (Wildman–Crippen MR) is 148 cm³/mol. The third-order valence-electron chi connectivity index (χ3n) is 5.45. The number of amides is 2. The van der Waals surface area contributed by atoms with Crippen molar-refractivity contribution >= 4 is 62.6 Å². The van der Waals surface area contributed by atoms with Gasteiger partial charge in [-0.1, -0.05) is 24.1 Å². The zero-order valence-electron chi connectivity index (χ0n) is 19.4. The molecule has 2 aromatic heterocycles. The molecule has 0 bridgehead atoms. The standard InChI is InChI=1S/C28H20N6O2S/c1-2-17-6-5-7-18(14-17)32-26-20-11-10-19(15-23(20)30-16-31-26)33-27(35)24-12-13-25(37-24)28(36)34-22-9-4-3-8-21(22)29/h1,3-16H,29H2,(H,33,35)(H,34,36)(H,30,31,32). The van der Waals surface area contributed by atoms with E-state index in [1.807, 2.05) is 30.3 Å². The predicted octanol–water partition coefficient (Wildman–Crippen LogP) is 5.50. The maximum atomic E-state index is 12.9. The fourth-order valence-electron chi connectivity index (χ4n) is 3.63. The van der Waals surface area contributed by atoms with Gasteiger partial charge in [-0.05, 0) is 60.7 Å². The molecule has 5 aromatic rings. The zero-order valence-corrected chi connectivity index (χ0v) is 20.2. The minimum Gasteiger partial charge on any atom is -0.397 e. The van der Waals surface area contributed by atoms with E-state index in [2.05, 4.69) is 31.8 Å². The number of benzene rings is 3. The Labute approximate surface area is 216 Å². The quantitative estimate of drug-likeness (QED) is 0.179. The zero-order chi connectivity index (χ0) is 25.8. The SMILES string of the molecule is C#Cc1cccc(Nc2ncnc3cc(NC(=O)c4ccc(C(=O)Nc5ccccc5N)s4)ccc23)c1. The van der Waals surface area contributed by atoms with Gasteiger partial charge >= 0.3 is 0 Å². The summed E-state index contributed by atoms with van der Waals surface area (Å²) in [6.45, 7) is 0. The number of anilines is 5. The third kappa shape index (κ3) is 5.24. The van der Waals surface area contributed by atoms with E-state index in [-0.39, 0.29) is 11.8 Å². The van der Waals surface area contributed by atoms with Crippen LogP contribution in [0.1, 0.15) is 24.9 Å². The van der Waals surface area contributed by atoms with Crippen molar-refractivity contribution in [2.24, 2.45) is 0 Å². The van der Waals surface area contributed by atoms with E-state index < -0.39 is 0 Å². The van der Waals surface area contributed by atoms with Crippen LogP contribution in [0.2, 0.25) is 0 Å². The number of nitrogens with zero attached hydrogens (tertiary/aromatic N) is 2. The van der Waals surface area contributed by atoms with Gasteiger partial charge in [-0.3, -0.25) is 9.59 Å². The lowest BCUT2D eigenvalue weighted by atomic mass is 10.2. The van der Waals surface area contributed by atoms with Crippen LogP contribution in [0.25, 0.3) is 10.9 Å². The van der Waals surface area contributed by atoms with E-state index in [0.29, 0.717) is 38.2 Å². The number of nitrogens with two attached hydrogens (primary N) is 1. The number of rotatable bonds is 6. The number of aromatic nitrogens is 2. The van der Waals surface area contributed by atoms with Crippen LogP contribution in [0.15, 0.2) is 85.2 Å². The summed E-state index contributed by atoms with van der Waals surface area (Å²) in [7, 11) is 0. The van der Waals surface area contributed by atoms with Crippen molar-refractivity contribution in [1.29, 1.82) is 0 Å². The highest BCUT2D eigenvalue weighted by molar-refractivity contribution is 7.16. The van der Waals surface area contributed by atoms with E-state index in [4.69, 9.17) is 12.2 Å². The second kappa shape index (κ2) is 10.2. The number of carbonyl (C=O) groups is 2. The van der Waals surface area contributed by atoms with Gasteiger partial charge in [0.15, 0.2) is 0 Å². The van der Waals surface area contributed by atoms with E-state index in [9.17, 15) is 9.59 Å². The van der Waals surface area contributed by atoms with Gasteiger partial charge in [-0.2, -0.15) is 0 Å². The lowest BCUT2D eigenvalue weighted by Gasteiger charge is -2.10. The molecule has 5 N–H and O–H groups in total. The van der Waals surface area contributed by atoms with E-state index in [1.54, 1.807) is 48.5 Å². The molecule has 37 heavy (non-hydrogen) atoms. The summed E-state index contributed by atoms with van der Waals surface area (Å²) in [6, 6.07) is 23.0. The molecule has 8 nitrogen and oxygen atoms in total. The van der Waals surface area contributed by atoms with E-state index in [0.717, 1.165) is 28.0 Å². The molecule has 0 saturated heterocycles. The van der Waals surface area contributed by atoms with Crippen LogP contribution >= 0.6 is 11.3 Å². The maximum absolute atomic E-state index is 12.9. The lowest BCUT2D eigenvalue weighted by Crippen LogP contribution is -2.12. The summed E-state index contributed by atoms with van der Waals surface area (Å²) in [5.41, 5.74) is 9.64. The molecule has 0 spiro atoms. The molecular formula is C28H20N6O2S. The van der Waals surface area contributed by atoms with Gasteiger partial charge in [-0.15, -0.1) is 17.8 Å². The number of hydrogen-bond donors (Lipinski definition) is 4. The second-order valence-electron chi connectivity index (χ2n) is 7.96. The third-order valence-corrected chi connectivity index (χ3v) is 6.53. The Balaban J connectivity index is 1.30. The van der Waals surface area contributed by atoms with Crippen molar-refractivity contribution in [2.75, 3.05) is 21.7 Å². The van der Waals surface area contributed by atoms with Crippen LogP contribution in [0.4, 0.5) is 28.6 Å². The molecule has 0 saturated carbocycles. The van der Waals surface area contributed by atoms with Crippen molar-refractivity contribution in [3.8, 4) is 12.3 Å². The van der Waals surface area contributed by atoms with Crippen LogP contribution in [0.5, 0.6) is 0 Å². The normalized spacial score (nSPS) is 10.5. The molecule has 0 unspecified atom stereocenters. The number of nitrogen functional groups attached to an aromatic ring is 1. The number of hydrogen-bond acceptors (Lipinski definition) is 7. The fourth-order valence-corrected chi connectivity index (χ4v) is 4.42. The Kier molecular flexibility index (Phi) is 6.48. The molecule has 0 aliphatic carbocycles. The number of terminal acetylenes is 1. The minimum atomic E-state index is -0.336. The van der Waals surface area contributed by atoms with Crippen molar-refractivity contribution in [1.82, 2.24) is 9.97 Å². The number of para-hydroxylation sites is 2. The summed E-state index contributed by atoms with van der Waals surface area (Å²) in [5.74, 6) is 2.56. The van der Waals surface area contributed by atoms with Gasteiger partial charge in [0, 0.05) is 22.3 Å². The fraction of sp³-hybridized carbons (Fsp3) is 0. The average Bonchev–Trinajstić information content (AvgIpc) is 3.41. The van der Waals surface area contributed by atoms with Crippen LogP contribution in [0, 0.1) is 12.3 Å². The molecule has 0 aliphatic heterocycles. The topological polar surface area (TPSA) is 122 Å². The summed E-state index contributed by atoms with van der Waals surface area (Å²) >= 11 is 1.09. The number of thiophene rings is 1. The van der Waals surface area contributed by atoms with Gasteiger partial charge in [0.25, 0.3) is 11.8 Å². The van der Waals surface area contributed by atoms with Crippen molar-refractivity contribution in [2.45, 2.75) is 0 Å². The second-order valence-corrected chi connectivity index (χ2v) is 9.05. The molecular weight excluding hydrogens is 484 g/mol. The van der Waals surface area contributed by atoms with Crippen LogP contribution in [-0.4, -0.2) is 21.8 Å². The highest BCUT2D eigenvalue weighted by atomic mass is 32.1. The van der Waals surface area contributed by atoms with Crippen molar-refractivity contribution < 1.29 is 9.59 Å². The summed E-state index contributed by atoms with van der Waals surface area (Å²) < 4.78 is 0. The Morgan fingerprint density at radius 1 is 0.838 bits per heavy atom. The molecule has 3 aromatic carbocycles. The van der Waals surface area contributed by atoms with Gasteiger partial charge in [0.05, 0.1) is 26.6 Å². The molecule has 9 heteroatoms. The first-order valence-corrected chi connectivity index (χ1v) is 12.0. The van der Waals surface area contributed by atoms with E-state index in [1.165, 1.54) is 6.33 Å². The smallest absolute Gasteiger partial charge is 0.265 e. The molecule has 0 fully saturated rings. The Hall–Kier alpha value is -5.20. The molecule has 0 radical (unpaired) electrons. The number of fused-ring (bicyclic) bond motifs is 1. The molecule has 0 aliphatic rings. The van der Waals surface area contributed by atoms with Crippen LogP contribution in [-0.2, 0) is 0 Å². The molecule has 5 rings (SSSR count). The Morgan fingerprint density at radius 2 is 1.62 bits per heavy atom. The summed E-state index contributed by atoms with van der Waals surface area (Å²) in [6.07, 6.45) is 6.94. The largest absolute Gasteiger partial charge is 0.397 e. The van der Waals surface area contributed by atoms with Crippen LogP contribution in [0.3, 0.4) is 0 Å². The minimum absolute atomic E-state index is 0.332. The van der Waals surface area contributed by atoms with Gasteiger partial charge in [-0.25, -0.2) is 9.97 Å². The average molecular weight is 505 g/mol. The monoisotopic (exact) mass is 504 g/mol. The first kappa shape index (κ1) is 23.5. The first-order chi connectivity index (χ1) is 18.0. The van der Waals surface area contributed by atoms with Crippen molar-refractivity contribution in [3.05, 3.63) is 101 Å². The van der Waals surface area contributed by atoms with Gasteiger partial charge < -0.3 is 21.7 Å². The lowest BCUT2D eigenvalue weighted by molar-refractivity contribution is 0.102. The number of nitrogens with one attached hydrogen (secondary N) is 3. The Morgan fingerprint density at radius 3 is 2.41 bits per heavy atom. The molecule has 180 valence electrons. The summed E-state index contributed by atoms with van der Waals surface area (Å²) in [4.78, 5) is 34.9. The van der Waals surface area contributed by atoms with Gasteiger partial charge in [0.2, 0.25) is 0 Å². The van der Waals surface area contributed by atoms with Crippen LogP contribution < -0.4 is 21.7 Å². The number of carbonyl (C=O) groups excluding carboxylic acids is 2. The maximum Gasteiger partial charge on any atom is 0.265 e. The molecule has 2 amide bonds.